The molecule has 0 aliphatic rings. The summed E-state index contributed by atoms with van der Waals surface area (Å²) in [7, 11) is 1.53. The molecule has 0 spiro atoms. The second-order valence-electron chi connectivity index (χ2n) is 5.95. The Morgan fingerprint density at radius 2 is 1.68 bits per heavy atom. The quantitative estimate of drug-likeness (QED) is 0.429. The van der Waals surface area contributed by atoms with Gasteiger partial charge >= 0.3 is 0 Å². The Bertz CT molecular complexity index is 982. The molecule has 0 saturated heterocycles. The van der Waals surface area contributed by atoms with E-state index in [0.717, 1.165) is 11.3 Å². The van der Waals surface area contributed by atoms with Crippen LogP contribution in [0.4, 0.5) is 10.1 Å². The number of anilines is 1. The van der Waals surface area contributed by atoms with Crippen molar-refractivity contribution in [3.63, 3.8) is 0 Å². The van der Waals surface area contributed by atoms with Crippen LogP contribution in [0, 0.1) is 5.82 Å². The van der Waals surface area contributed by atoms with Crippen LogP contribution in [0.3, 0.4) is 0 Å². The van der Waals surface area contributed by atoms with Gasteiger partial charge in [-0.2, -0.15) is 0 Å². The number of rotatable bonds is 7. The predicted octanol–water partition coefficient (Wildman–Crippen LogP) is 6.99. The molecule has 0 amide bonds. The van der Waals surface area contributed by atoms with Crippen molar-refractivity contribution < 1.29 is 13.9 Å². The summed E-state index contributed by atoms with van der Waals surface area (Å²) in [6.07, 6.45) is 0. The number of hydrogen-bond donors (Lipinski definition) is 1. The van der Waals surface area contributed by atoms with Gasteiger partial charge in [0.15, 0.2) is 11.5 Å². The SMILES string of the molecule is COc1cc(CNc2ccc(Cl)cc2Cl)c(Cl)cc1OCc1ccccc1F. The fourth-order valence-electron chi connectivity index (χ4n) is 2.58. The lowest BCUT2D eigenvalue weighted by Crippen LogP contribution is -2.04. The minimum Gasteiger partial charge on any atom is -0.493 e. The van der Waals surface area contributed by atoms with E-state index in [0.29, 0.717) is 38.7 Å². The molecule has 0 bridgehead atoms. The summed E-state index contributed by atoms with van der Waals surface area (Å²) >= 11 is 18.5. The summed E-state index contributed by atoms with van der Waals surface area (Å²) in [5.41, 5.74) is 1.98. The monoisotopic (exact) mass is 439 g/mol. The molecule has 0 aliphatic carbocycles. The van der Waals surface area contributed by atoms with Crippen molar-refractivity contribution in [1.82, 2.24) is 0 Å². The average Bonchev–Trinajstić information content (AvgIpc) is 2.67. The van der Waals surface area contributed by atoms with Gasteiger partial charge in [-0.1, -0.05) is 53.0 Å². The molecule has 0 aromatic heterocycles. The van der Waals surface area contributed by atoms with E-state index in [1.54, 1.807) is 48.5 Å². The zero-order valence-corrected chi connectivity index (χ0v) is 17.2. The molecule has 146 valence electrons. The maximum absolute atomic E-state index is 13.8. The minimum atomic E-state index is -0.326. The molecule has 28 heavy (non-hydrogen) atoms. The van der Waals surface area contributed by atoms with Crippen molar-refractivity contribution in [2.75, 3.05) is 12.4 Å². The van der Waals surface area contributed by atoms with E-state index < -0.39 is 0 Å². The standard InChI is InChI=1S/C21H17Cl3FNO2/c1-27-20-8-14(11-26-19-7-6-15(22)9-17(19)24)16(23)10-21(20)28-12-13-4-2-3-5-18(13)25/h2-10,26H,11-12H2,1H3. The molecule has 3 aromatic rings. The Morgan fingerprint density at radius 3 is 2.39 bits per heavy atom. The Morgan fingerprint density at radius 1 is 0.893 bits per heavy atom. The Balaban J connectivity index is 1.74. The summed E-state index contributed by atoms with van der Waals surface area (Å²) in [4.78, 5) is 0. The van der Waals surface area contributed by atoms with Gasteiger partial charge in [-0.05, 0) is 35.9 Å². The third-order valence-electron chi connectivity index (χ3n) is 4.07. The first-order valence-electron chi connectivity index (χ1n) is 8.39. The maximum atomic E-state index is 13.8. The van der Waals surface area contributed by atoms with Gasteiger partial charge < -0.3 is 14.8 Å². The molecule has 0 saturated carbocycles. The second-order valence-corrected chi connectivity index (χ2v) is 7.20. The normalized spacial score (nSPS) is 10.6. The van der Waals surface area contributed by atoms with Crippen molar-refractivity contribution in [3.05, 3.63) is 86.6 Å². The number of methoxy groups -OCH3 is 1. The number of benzene rings is 3. The van der Waals surface area contributed by atoms with Crippen molar-refractivity contribution in [3.8, 4) is 11.5 Å². The lowest BCUT2D eigenvalue weighted by Gasteiger charge is -2.15. The Labute approximate surface area is 177 Å². The van der Waals surface area contributed by atoms with Gasteiger partial charge in [0.1, 0.15) is 12.4 Å². The topological polar surface area (TPSA) is 30.5 Å². The molecule has 3 aromatic carbocycles. The molecule has 3 rings (SSSR count). The van der Waals surface area contributed by atoms with Crippen molar-refractivity contribution >= 4 is 40.5 Å². The highest BCUT2D eigenvalue weighted by atomic mass is 35.5. The van der Waals surface area contributed by atoms with Gasteiger partial charge in [0.05, 0.1) is 17.8 Å². The third kappa shape index (κ3) is 5.02. The fourth-order valence-corrected chi connectivity index (χ4v) is 3.28. The Hall–Kier alpha value is -2.14. The van der Waals surface area contributed by atoms with E-state index in [2.05, 4.69) is 5.32 Å². The van der Waals surface area contributed by atoms with Gasteiger partial charge in [-0.15, -0.1) is 0 Å². The van der Waals surface area contributed by atoms with Crippen LogP contribution in [-0.2, 0) is 13.2 Å². The molecule has 0 radical (unpaired) electrons. The minimum absolute atomic E-state index is 0.0668. The average molecular weight is 441 g/mol. The van der Waals surface area contributed by atoms with Crippen LogP contribution < -0.4 is 14.8 Å². The van der Waals surface area contributed by atoms with Crippen LogP contribution in [0.1, 0.15) is 11.1 Å². The van der Waals surface area contributed by atoms with E-state index in [-0.39, 0.29) is 12.4 Å². The maximum Gasteiger partial charge on any atom is 0.163 e. The summed E-state index contributed by atoms with van der Waals surface area (Å²) in [5, 5.41) is 4.78. The van der Waals surface area contributed by atoms with Crippen LogP contribution in [0.5, 0.6) is 11.5 Å². The first-order valence-corrected chi connectivity index (χ1v) is 9.53. The van der Waals surface area contributed by atoms with E-state index in [1.165, 1.54) is 13.2 Å². The van der Waals surface area contributed by atoms with Crippen molar-refractivity contribution in [2.45, 2.75) is 13.2 Å². The summed E-state index contributed by atoms with van der Waals surface area (Å²) in [6.45, 7) is 0.488. The second kappa shape index (κ2) is 9.37. The van der Waals surface area contributed by atoms with Crippen LogP contribution in [-0.4, -0.2) is 7.11 Å². The first kappa shape index (κ1) is 20.6. The molecule has 1 N–H and O–H groups in total. The number of halogens is 4. The van der Waals surface area contributed by atoms with Gasteiger partial charge in [0, 0.05) is 28.2 Å². The third-order valence-corrected chi connectivity index (χ3v) is 4.97. The van der Waals surface area contributed by atoms with E-state index >= 15 is 0 Å². The fraction of sp³-hybridized carbons (Fsp3) is 0.143. The van der Waals surface area contributed by atoms with Crippen LogP contribution in [0.25, 0.3) is 0 Å². The predicted molar refractivity (Wildman–Crippen MR) is 113 cm³/mol. The molecule has 7 heteroatoms. The van der Waals surface area contributed by atoms with Gasteiger partial charge in [0.2, 0.25) is 0 Å². The summed E-state index contributed by atoms with van der Waals surface area (Å²) in [5.74, 6) is 0.608. The first-order chi connectivity index (χ1) is 13.5. The highest BCUT2D eigenvalue weighted by molar-refractivity contribution is 6.36. The summed E-state index contributed by atoms with van der Waals surface area (Å²) in [6, 6.07) is 15.1. The zero-order chi connectivity index (χ0) is 20.1. The van der Waals surface area contributed by atoms with Gasteiger partial charge in [0.25, 0.3) is 0 Å². The smallest absolute Gasteiger partial charge is 0.163 e. The lowest BCUT2D eigenvalue weighted by molar-refractivity contribution is 0.279. The highest BCUT2D eigenvalue weighted by Crippen LogP contribution is 2.35. The molecular weight excluding hydrogens is 424 g/mol. The van der Waals surface area contributed by atoms with Crippen LogP contribution in [0.2, 0.25) is 15.1 Å². The molecule has 0 atom stereocenters. The zero-order valence-electron chi connectivity index (χ0n) is 14.9. The molecule has 0 heterocycles. The van der Waals surface area contributed by atoms with Crippen molar-refractivity contribution in [2.24, 2.45) is 0 Å². The Kier molecular flexibility index (Phi) is 6.89. The molecule has 0 unspecified atom stereocenters. The molecule has 3 nitrogen and oxygen atoms in total. The van der Waals surface area contributed by atoms with Crippen molar-refractivity contribution in [1.29, 1.82) is 0 Å². The van der Waals surface area contributed by atoms with E-state index in [1.807, 2.05) is 0 Å². The number of nitrogens with one attached hydrogen (secondary N) is 1. The van der Waals surface area contributed by atoms with Crippen LogP contribution >= 0.6 is 34.8 Å². The summed E-state index contributed by atoms with van der Waals surface area (Å²) < 4.78 is 24.9. The number of ether oxygens (including phenoxy) is 2. The highest BCUT2D eigenvalue weighted by Gasteiger charge is 2.12. The lowest BCUT2D eigenvalue weighted by atomic mass is 10.2. The van der Waals surface area contributed by atoms with E-state index in [4.69, 9.17) is 44.3 Å². The molecule has 0 fully saturated rings. The van der Waals surface area contributed by atoms with Gasteiger partial charge in [-0.3, -0.25) is 0 Å². The van der Waals surface area contributed by atoms with Crippen LogP contribution in [0.15, 0.2) is 54.6 Å². The molecule has 0 aliphatic heterocycles. The molecular formula is C21H17Cl3FNO2. The largest absolute Gasteiger partial charge is 0.493 e. The number of hydrogen-bond acceptors (Lipinski definition) is 3. The van der Waals surface area contributed by atoms with E-state index in [9.17, 15) is 4.39 Å². The van der Waals surface area contributed by atoms with Gasteiger partial charge in [-0.25, -0.2) is 4.39 Å².